The van der Waals surface area contributed by atoms with Gasteiger partial charge in [0.05, 0.1) is 25.7 Å². The molecule has 3 rings (SSSR count). The second kappa shape index (κ2) is 10.7. The fourth-order valence-electron chi connectivity index (χ4n) is 3.67. The number of halogens is 1. The molecule has 2 aromatic rings. The lowest BCUT2D eigenvalue weighted by Crippen LogP contribution is -2.42. The maximum Gasteiger partial charge on any atom is 0.161 e. The van der Waals surface area contributed by atoms with Gasteiger partial charge < -0.3 is 19.3 Å². The molecule has 1 fully saturated rings. The molecule has 0 bridgehead atoms. The molecule has 170 valence electrons. The molecule has 0 aromatic heterocycles. The Morgan fingerprint density at radius 3 is 2.45 bits per heavy atom. The van der Waals surface area contributed by atoms with Crippen LogP contribution in [-0.4, -0.2) is 69.4 Å². The third-order valence-electron chi connectivity index (χ3n) is 5.26. The van der Waals surface area contributed by atoms with E-state index in [-0.39, 0.29) is 24.2 Å². The van der Waals surface area contributed by atoms with Gasteiger partial charge in [-0.1, -0.05) is 22.0 Å². The van der Waals surface area contributed by atoms with Gasteiger partial charge in [-0.2, -0.15) is 0 Å². The molecular weight excluding hydrogens is 486 g/mol. The van der Waals surface area contributed by atoms with E-state index in [9.17, 15) is 13.5 Å². The largest absolute Gasteiger partial charge is 0.493 e. The first-order valence-corrected chi connectivity index (χ1v) is 12.6. The van der Waals surface area contributed by atoms with Crippen LogP contribution >= 0.6 is 15.9 Å². The summed E-state index contributed by atoms with van der Waals surface area (Å²) >= 11 is 3.38. The highest BCUT2D eigenvalue weighted by molar-refractivity contribution is 9.10. The molecule has 1 saturated heterocycles. The summed E-state index contributed by atoms with van der Waals surface area (Å²) in [6.07, 6.45) is -0.220. The fraction of sp³-hybridized carbons (Fsp3) is 0.455. The topological polar surface area (TPSA) is 85.3 Å². The minimum atomic E-state index is -3.06. The number of ether oxygens (including phenoxy) is 3. The molecule has 0 amide bonds. The molecule has 7 nitrogen and oxygen atoms in total. The van der Waals surface area contributed by atoms with E-state index in [4.69, 9.17) is 14.2 Å². The molecule has 0 radical (unpaired) electrons. The van der Waals surface area contributed by atoms with Crippen molar-refractivity contribution in [1.29, 1.82) is 0 Å². The van der Waals surface area contributed by atoms with Gasteiger partial charge in [-0.05, 0) is 48.4 Å². The number of sulfone groups is 1. The van der Waals surface area contributed by atoms with Crippen LogP contribution in [0.3, 0.4) is 0 Å². The Bertz CT molecular complexity index is 966. The number of aliphatic hydroxyl groups is 1. The van der Waals surface area contributed by atoms with Gasteiger partial charge in [-0.3, -0.25) is 4.90 Å². The van der Waals surface area contributed by atoms with Gasteiger partial charge in [0.1, 0.15) is 18.5 Å². The molecule has 0 saturated carbocycles. The third kappa shape index (κ3) is 6.83. The van der Waals surface area contributed by atoms with Gasteiger partial charge >= 0.3 is 0 Å². The van der Waals surface area contributed by atoms with Crippen LogP contribution in [-0.2, 0) is 16.4 Å². The summed E-state index contributed by atoms with van der Waals surface area (Å²) in [5.41, 5.74) is 0.947. The van der Waals surface area contributed by atoms with Crippen LogP contribution in [0.4, 0.5) is 0 Å². The average molecular weight is 514 g/mol. The van der Waals surface area contributed by atoms with Crippen LogP contribution in [0.2, 0.25) is 0 Å². The number of aliphatic hydroxyl groups excluding tert-OH is 1. The van der Waals surface area contributed by atoms with Gasteiger partial charge in [-0.25, -0.2) is 8.42 Å². The van der Waals surface area contributed by atoms with E-state index in [1.807, 2.05) is 47.4 Å². The Kier molecular flexibility index (Phi) is 8.21. The molecule has 1 aliphatic heterocycles. The Balaban J connectivity index is 1.69. The zero-order chi connectivity index (χ0) is 22.4. The van der Waals surface area contributed by atoms with E-state index < -0.39 is 15.9 Å². The number of benzene rings is 2. The van der Waals surface area contributed by atoms with Crippen molar-refractivity contribution in [3.05, 3.63) is 52.5 Å². The van der Waals surface area contributed by atoms with Gasteiger partial charge in [0.2, 0.25) is 0 Å². The molecule has 2 atom stereocenters. The van der Waals surface area contributed by atoms with Crippen molar-refractivity contribution < 1.29 is 27.7 Å². The van der Waals surface area contributed by atoms with Crippen LogP contribution in [0.25, 0.3) is 0 Å². The quantitative estimate of drug-likeness (QED) is 0.522. The summed E-state index contributed by atoms with van der Waals surface area (Å²) < 4.78 is 41.4. The molecule has 1 aliphatic rings. The van der Waals surface area contributed by atoms with E-state index in [0.717, 1.165) is 10.0 Å². The normalized spacial score (nSPS) is 18.7. The first-order chi connectivity index (χ1) is 14.8. The molecule has 31 heavy (non-hydrogen) atoms. The zero-order valence-corrected chi connectivity index (χ0v) is 20.1. The molecule has 9 heteroatoms. The van der Waals surface area contributed by atoms with Crippen molar-refractivity contribution in [1.82, 2.24) is 4.90 Å². The Morgan fingerprint density at radius 1 is 1.13 bits per heavy atom. The van der Waals surface area contributed by atoms with E-state index >= 15 is 0 Å². The summed E-state index contributed by atoms with van der Waals surface area (Å²) in [4.78, 5) is 2.02. The molecule has 2 aromatic carbocycles. The van der Waals surface area contributed by atoms with Gasteiger partial charge in [0.15, 0.2) is 21.3 Å². The van der Waals surface area contributed by atoms with Crippen molar-refractivity contribution in [2.24, 2.45) is 0 Å². The molecule has 2 unspecified atom stereocenters. The van der Waals surface area contributed by atoms with Crippen LogP contribution in [0.15, 0.2) is 46.9 Å². The lowest BCUT2D eigenvalue weighted by molar-refractivity contribution is 0.0524. The average Bonchev–Trinajstić information content (AvgIpc) is 3.12. The molecule has 0 spiro atoms. The van der Waals surface area contributed by atoms with E-state index in [0.29, 0.717) is 36.8 Å². The van der Waals surface area contributed by atoms with E-state index in [1.165, 1.54) is 0 Å². The summed E-state index contributed by atoms with van der Waals surface area (Å²) in [7, 11) is 0.0988. The van der Waals surface area contributed by atoms with E-state index in [2.05, 4.69) is 15.9 Å². The number of hydrogen-bond donors (Lipinski definition) is 1. The predicted molar refractivity (Wildman–Crippen MR) is 123 cm³/mol. The molecular formula is C22H28BrNO6S. The number of rotatable bonds is 10. The summed E-state index contributed by atoms with van der Waals surface area (Å²) in [6.45, 7) is 0.893. The lowest BCUT2D eigenvalue weighted by atomic mass is 10.1. The lowest BCUT2D eigenvalue weighted by Gasteiger charge is -2.30. The summed E-state index contributed by atoms with van der Waals surface area (Å²) in [5, 5.41) is 10.6. The third-order valence-corrected chi connectivity index (χ3v) is 7.54. The highest BCUT2D eigenvalue weighted by Gasteiger charge is 2.33. The van der Waals surface area contributed by atoms with Gasteiger partial charge in [0.25, 0.3) is 0 Å². The second-order valence-electron chi connectivity index (χ2n) is 7.59. The first kappa shape index (κ1) is 23.8. The Morgan fingerprint density at radius 2 is 1.84 bits per heavy atom. The first-order valence-electron chi connectivity index (χ1n) is 10.0. The standard InChI is InChI=1S/C22H28BrNO6S/c1-28-21-8-3-16(11-22(21)29-2)12-24(18-9-10-31(26,27)15-18)13-19(25)14-30-20-6-4-17(23)5-7-20/h3-8,11,18-19,25H,9-10,12-15H2,1-2H3. The highest BCUT2D eigenvalue weighted by atomic mass is 79.9. The molecule has 1 N–H and O–H groups in total. The van der Waals surface area contributed by atoms with Crippen LogP contribution < -0.4 is 14.2 Å². The molecule has 1 heterocycles. The van der Waals surface area contributed by atoms with Crippen molar-refractivity contribution in [2.75, 3.05) is 38.9 Å². The number of hydrogen-bond acceptors (Lipinski definition) is 7. The van der Waals surface area contributed by atoms with Gasteiger partial charge in [0, 0.05) is 23.6 Å². The maximum absolute atomic E-state index is 12.1. The maximum atomic E-state index is 12.1. The number of nitrogens with zero attached hydrogens (tertiary/aromatic N) is 1. The van der Waals surface area contributed by atoms with Crippen LogP contribution in [0.5, 0.6) is 17.2 Å². The summed E-state index contributed by atoms with van der Waals surface area (Å²) in [5.74, 6) is 2.17. The Hall–Kier alpha value is -1.81. The van der Waals surface area contributed by atoms with Crippen LogP contribution in [0, 0.1) is 0 Å². The minimum absolute atomic E-state index is 0.0978. The molecule has 0 aliphatic carbocycles. The summed E-state index contributed by atoms with van der Waals surface area (Å²) in [6, 6.07) is 12.8. The van der Waals surface area contributed by atoms with Crippen LogP contribution in [0.1, 0.15) is 12.0 Å². The fourth-order valence-corrected chi connectivity index (χ4v) is 5.69. The van der Waals surface area contributed by atoms with Crippen molar-refractivity contribution in [3.8, 4) is 17.2 Å². The monoisotopic (exact) mass is 513 g/mol. The second-order valence-corrected chi connectivity index (χ2v) is 10.7. The Labute approximate surface area is 192 Å². The highest BCUT2D eigenvalue weighted by Crippen LogP contribution is 2.29. The van der Waals surface area contributed by atoms with Crippen molar-refractivity contribution >= 4 is 25.8 Å². The number of methoxy groups -OCH3 is 2. The van der Waals surface area contributed by atoms with Gasteiger partial charge in [-0.15, -0.1) is 0 Å². The smallest absolute Gasteiger partial charge is 0.161 e. The predicted octanol–water partition coefficient (Wildman–Crippen LogP) is 2.90. The van der Waals surface area contributed by atoms with E-state index in [1.54, 1.807) is 14.2 Å². The van der Waals surface area contributed by atoms with Crippen molar-refractivity contribution in [3.63, 3.8) is 0 Å². The SMILES string of the molecule is COc1ccc(CN(CC(O)COc2ccc(Br)cc2)C2CCS(=O)(=O)C2)cc1OC. The minimum Gasteiger partial charge on any atom is -0.493 e. The van der Waals surface area contributed by atoms with Crippen molar-refractivity contribution in [2.45, 2.75) is 25.1 Å². The zero-order valence-electron chi connectivity index (χ0n) is 17.7.